The van der Waals surface area contributed by atoms with Gasteiger partial charge in [-0.15, -0.1) is 0 Å². The summed E-state index contributed by atoms with van der Waals surface area (Å²) in [4.78, 5) is 17.3. The van der Waals surface area contributed by atoms with Gasteiger partial charge in [-0.1, -0.05) is 37.3 Å². The van der Waals surface area contributed by atoms with Crippen LogP contribution in [0.2, 0.25) is 0 Å². The minimum absolute atomic E-state index is 0.0122. The van der Waals surface area contributed by atoms with Gasteiger partial charge >= 0.3 is 0 Å². The van der Waals surface area contributed by atoms with Crippen molar-refractivity contribution >= 4 is 5.91 Å². The first-order valence-electron chi connectivity index (χ1n) is 11.6. The smallest absolute Gasteiger partial charge is 0.226 e. The Balaban J connectivity index is 1.28. The molecule has 1 aromatic carbocycles. The SMILES string of the molecule is CC1C2C=CC=CC12CC(CN1CCC2(CC1)OCc1ccc(F)cc12)C(=O)N(C)C. The highest BCUT2D eigenvalue weighted by Crippen LogP contribution is 2.65. The number of halogens is 1. The summed E-state index contributed by atoms with van der Waals surface area (Å²) in [5.74, 6) is 1.19. The first-order valence-corrected chi connectivity index (χ1v) is 11.6. The maximum Gasteiger partial charge on any atom is 0.226 e. The lowest BCUT2D eigenvalue weighted by molar-refractivity contribution is -0.135. The number of benzene rings is 1. The highest BCUT2D eigenvalue weighted by atomic mass is 19.1. The third kappa shape index (κ3) is 3.46. The molecule has 5 rings (SSSR count). The Labute approximate surface area is 184 Å². The number of amides is 1. The zero-order valence-electron chi connectivity index (χ0n) is 18.8. The van der Waals surface area contributed by atoms with Crippen LogP contribution in [0.4, 0.5) is 4.39 Å². The Morgan fingerprint density at radius 2 is 2.06 bits per heavy atom. The fourth-order valence-electron chi connectivity index (χ4n) is 6.35. The van der Waals surface area contributed by atoms with Crippen molar-refractivity contribution in [2.24, 2.45) is 23.2 Å². The molecule has 1 spiro atoms. The molecule has 0 aromatic heterocycles. The van der Waals surface area contributed by atoms with Crippen LogP contribution in [-0.2, 0) is 21.7 Å². The molecule has 2 aliphatic heterocycles. The maximum absolute atomic E-state index is 13.9. The maximum atomic E-state index is 13.9. The van der Waals surface area contributed by atoms with Gasteiger partial charge in [0.05, 0.1) is 18.1 Å². The van der Waals surface area contributed by atoms with Crippen LogP contribution in [0.5, 0.6) is 0 Å². The van der Waals surface area contributed by atoms with E-state index < -0.39 is 0 Å². The van der Waals surface area contributed by atoms with E-state index in [4.69, 9.17) is 4.74 Å². The Morgan fingerprint density at radius 3 is 2.77 bits per heavy atom. The first kappa shape index (κ1) is 20.9. The third-order valence-corrected chi connectivity index (χ3v) is 8.33. The van der Waals surface area contributed by atoms with E-state index in [1.165, 1.54) is 6.07 Å². The number of carbonyl (C=O) groups excluding carboxylic acids is 1. The monoisotopic (exact) mass is 424 g/mol. The number of hydrogen-bond acceptors (Lipinski definition) is 3. The Morgan fingerprint density at radius 1 is 1.29 bits per heavy atom. The van der Waals surface area contributed by atoms with E-state index >= 15 is 0 Å². The molecule has 0 bridgehead atoms. The minimum Gasteiger partial charge on any atom is -0.365 e. The van der Waals surface area contributed by atoms with Crippen molar-refractivity contribution in [3.63, 3.8) is 0 Å². The molecule has 2 fully saturated rings. The second kappa shape index (κ2) is 7.56. The molecule has 0 radical (unpaired) electrons. The van der Waals surface area contributed by atoms with E-state index in [2.05, 4.69) is 36.1 Å². The minimum atomic E-state index is -0.360. The summed E-state index contributed by atoms with van der Waals surface area (Å²) in [5, 5.41) is 0. The summed E-state index contributed by atoms with van der Waals surface area (Å²) in [5.41, 5.74) is 1.93. The van der Waals surface area contributed by atoms with Crippen LogP contribution < -0.4 is 0 Å². The standard InChI is InChI=1S/C26H33FN2O2/c1-18-22-6-4-5-9-25(18,22)15-20(24(30)28(2)3)16-29-12-10-26(11-13-29)23-14-21(27)8-7-19(23)17-31-26/h4-9,14,18,20,22H,10-13,15-17H2,1-3H3. The molecule has 2 heterocycles. The second-order valence-corrected chi connectivity index (χ2v) is 10.2. The summed E-state index contributed by atoms with van der Waals surface area (Å²) in [6.45, 7) is 5.39. The van der Waals surface area contributed by atoms with Gasteiger partial charge in [-0.05, 0) is 59.8 Å². The Hall–Kier alpha value is -1.98. The van der Waals surface area contributed by atoms with E-state index in [-0.39, 0.29) is 28.7 Å². The molecule has 4 unspecified atom stereocenters. The van der Waals surface area contributed by atoms with E-state index in [1.54, 1.807) is 11.0 Å². The van der Waals surface area contributed by atoms with Crippen LogP contribution >= 0.6 is 0 Å². The number of rotatable bonds is 5. The lowest BCUT2D eigenvalue weighted by Gasteiger charge is -2.40. The number of carbonyl (C=O) groups is 1. The van der Waals surface area contributed by atoms with Gasteiger partial charge < -0.3 is 14.5 Å². The van der Waals surface area contributed by atoms with Crippen molar-refractivity contribution in [3.8, 4) is 0 Å². The molecule has 1 amide bonds. The molecule has 31 heavy (non-hydrogen) atoms. The fraction of sp³-hybridized carbons (Fsp3) is 0.577. The second-order valence-electron chi connectivity index (χ2n) is 10.2. The van der Waals surface area contributed by atoms with E-state index in [0.29, 0.717) is 18.4 Å². The lowest BCUT2D eigenvalue weighted by Crippen LogP contribution is -2.46. The van der Waals surface area contributed by atoms with E-state index in [9.17, 15) is 9.18 Å². The van der Waals surface area contributed by atoms with Gasteiger partial charge in [0.2, 0.25) is 5.91 Å². The van der Waals surface area contributed by atoms with Crippen LogP contribution in [0.1, 0.15) is 37.3 Å². The summed E-state index contributed by atoms with van der Waals surface area (Å²) >= 11 is 0. The van der Waals surface area contributed by atoms with E-state index in [0.717, 1.165) is 50.0 Å². The predicted molar refractivity (Wildman–Crippen MR) is 119 cm³/mol. The molecule has 1 aromatic rings. The third-order valence-electron chi connectivity index (χ3n) is 8.33. The van der Waals surface area contributed by atoms with Crippen LogP contribution in [-0.4, -0.2) is 49.4 Å². The number of ether oxygens (including phenoxy) is 1. The average Bonchev–Trinajstić information content (AvgIpc) is 3.20. The molecule has 4 aliphatic rings. The molecule has 166 valence electrons. The number of likely N-dealkylation sites (tertiary alicyclic amines) is 1. The molecular weight excluding hydrogens is 391 g/mol. The molecule has 1 saturated heterocycles. The average molecular weight is 425 g/mol. The summed E-state index contributed by atoms with van der Waals surface area (Å²) in [6.07, 6.45) is 11.5. The zero-order chi connectivity index (χ0) is 21.8. The van der Waals surface area contributed by atoms with Crippen LogP contribution in [0, 0.1) is 29.0 Å². The normalized spacial score (nSPS) is 31.4. The van der Waals surface area contributed by atoms with Gasteiger partial charge in [-0.3, -0.25) is 4.79 Å². The van der Waals surface area contributed by atoms with Crippen molar-refractivity contribution in [1.82, 2.24) is 9.80 Å². The molecule has 0 N–H and O–H groups in total. The highest BCUT2D eigenvalue weighted by molar-refractivity contribution is 5.78. The number of nitrogens with zero attached hydrogens (tertiary/aromatic N) is 2. The van der Waals surface area contributed by atoms with Gasteiger partial charge in [-0.2, -0.15) is 0 Å². The largest absolute Gasteiger partial charge is 0.365 e. The first-order chi connectivity index (χ1) is 14.8. The molecule has 4 nitrogen and oxygen atoms in total. The molecule has 2 aliphatic carbocycles. The van der Waals surface area contributed by atoms with Crippen molar-refractivity contribution in [3.05, 3.63) is 59.4 Å². The summed E-state index contributed by atoms with van der Waals surface area (Å²) in [6, 6.07) is 5.04. The van der Waals surface area contributed by atoms with Crippen LogP contribution in [0.3, 0.4) is 0 Å². The fourth-order valence-corrected chi connectivity index (χ4v) is 6.35. The number of piperidine rings is 1. The lowest BCUT2D eigenvalue weighted by atomic mass is 9.82. The topological polar surface area (TPSA) is 32.8 Å². The molecule has 4 atom stereocenters. The van der Waals surface area contributed by atoms with Crippen molar-refractivity contribution < 1.29 is 13.9 Å². The van der Waals surface area contributed by atoms with Crippen LogP contribution in [0.15, 0.2) is 42.5 Å². The Bertz CT molecular complexity index is 931. The van der Waals surface area contributed by atoms with Gasteiger partial charge in [0, 0.05) is 33.7 Å². The predicted octanol–water partition coefficient (Wildman–Crippen LogP) is 4.12. The van der Waals surface area contributed by atoms with Gasteiger partial charge in [0.25, 0.3) is 0 Å². The van der Waals surface area contributed by atoms with Crippen molar-refractivity contribution in [2.45, 2.75) is 38.4 Å². The zero-order valence-corrected chi connectivity index (χ0v) is 18.8. The molecular formula is C26H33FN2O2. The summed E-state index contributed by atoms with van der Waals surface area (Å²) < 4.78 is 20.1. The van der Waals surface area contributed by atoms with Crippen molar-refractivity contribution in [2.75, 3.05) is 33.7 Å². The van der Waals surface area contributed by atoms with Gasteiger partial charge in [0.1, 0.15) is 5.82 Å². The van der Waals surface area contributed by atoms with Crippen LogP contribution in [0.25, 0.3) is 0 Å². The van der Waals surface area contributed by atoms with E-state index in [1.807, 2.05) is 20.2 Å². The number of hydrogen-bond donors (Lipinski definition) is 0. The van der Waals surface area contributed by atoms with Gasteiger partial charge in [0.15, 0.2) is 0 Å². The number of fused-ring (bicyclic) bond motifs is 3. The van der Waals surface area contributed by atoms with Gasteiger partial charge in [-0.25, -0.2) is 4.39 Å². The molecule has 5 heteroatoms. The van der Waals surface area contributed by atoms with Crippen molar-refractivity contribution in [1.29, 1.82) is 0 Å². The Kier molecular flexibility index (Phi) is 5.10. The molecule has 1 saturated carbocycles. The summed E-state index contributed by atoms with van der Waals surface area (Å²) in [7, 11) is 3.72. The quantitative estimate of drug-likeness (QED) is 0.713. The highest BCUT2D eigenvalue weighted by Gasteiger charge is 2.60. The number of allylic oxidation sites excluding steroid dienone is 4.